The maximum Gasteiger partial charge on any atom is 0.573 e. The van der Waals surface area contributed by atoms with Crippen molar-refractivity contribution in [1.29, 1.82) is 0 Å². The van der Waals surface area contributed by atoms with Crippen molar-refractivity contribution in [2.75, 3.05) is 10.7 Å². The van der Waals surface area contributed by atoms with Gasteiger partial charge in [0.25, 0.3) is 0 Å². The lowest BCUT2D eigenvalue weighted by Gasteiger charge is -2.09. The number of rotatable bonds is 7. The van der Waals surface area contributed by atoms with E-state index in [1.54, 1.807) is 24.3 Å². The summed E-state index contributed by atoms with van der Waals surface area (Å²) in [6.07, 6.45) is -3.33. The van der Waals surface area contributed by atoms with Gasteiger partial charge in [0.05, 0.1) is 6.21 Å². The third-order valence-electron chi connectivity index (χ3n) is 4.54. The fourth-order valence-corrected chi connectivity index (χ4v) is 3.02. The van der Waals surface area contributed by atoms with Gasteiger partial charge in [0.1, 0.15) is 5.75 Å². The van der Waals surface area contributed by atoms with Crippen LogP contribution in [0.5, 0.6) is 5.75 Å². The highest BCUT2D eigenvalue weighted by atomic mass is 35.5. The smallest absolute Gasteiger partial charge is 0.406 e. The lowest BCUT2D eigenvalue weighted by molar-refractivity contribution is -0.274. The molecule has 7 nitrogen and oxygen atoms in total. The van der Waals surface area contributed by atoms with Gasteiger partial charge in [-0.05, 0) is 61.0 Å². The van der Waals surface area contributed by atoms with Crippen LogP contribution in [0.4, 0.5) is 30.8 Å². The van der Waals surface area contributed by atoms with E-state index in [9.17, 15) is 13.2 Å². The van der Waals surface area contributed by atoms with Crippen molar-refractivity contribution < 1.29 is 17.9 Å². The zero-order valence-corrected chi connectivity index (χ0v) is 19.0. The molecule has 35 heavy (non-hydrogen) atoms. The Balaban J connectivity index is 1.55. The van der Waals surface area contributed by atoms with Gasteiger partial charge in [-0.2, -0.15) is 20.1 Å². The van der Waals surface area contributed by atoms with Crippen molar-refractivity contribution in [3.05, 3.63) is 88.9 Å². The Bertz CT molecular complexity index is 1310. The molecule has 0 atom stereocenters. The van der Waals surface area contributed by atoms with E-state index in [0.717, 1.165) is 16.8 Å². The monoisotopic (exact) mass is 498 g/mol. The highest BCUT2D eigenvalue weighted by Gasteiger charge is 2.30. The van der Waals surface area contributed by atoms with Crippen LogP contribution >= 0.6 is 11.6 Å². The zero-order chi connectivity index (χ0) is 24.8. The molecular weight excluding hydrogens is 481 g/mol. The molecule has 0 amide bonds. The standard InChI is InChI=1S/C24H18ClF3N6O/c1-15-2-6-17(7-3-15)21-31-22(30-19-10-8-18(25)9-11-19)33-23(32-21)34-29-14-16-4-12-20(13-5-16)35-24(26,27)28/h2-14H,1H3,(H2,30,31,32,33,34). The summed E-state index contributed by atoms with van der Waals surface area (Å²) in [6.45, 7) is 1.98. The number of ether oxygens (including phenoxy) is 1. The van der Waals surface area contributed by atoms with Gasteiger partial charge in [0, 0.05) is 16.3 Å². The second-order valence-corrected chi connectivity index (χ2v) is 7.73. The molecule has 3 aromatic carbocycles. The predicted molar refractivity (Wildman–Crippen MR) is 129 cm³/mol. The number of hydrogen-bond donors (Lipinski definition) is 2. The van der Waals surface area contributed by atoms with Gasteiger partial charge >= 0.3 is 6.36 Å². The molecule has 0 unspecified atom stereocenters. The number of halogens is 4. The number of anilines is 3. The normalized spacial score (nSPS) is 11.5. The molecule has 4 rings (SSSR count). The molecule has 0 radical (unpaired) electrons. The molecule has 11 heteroatoms. The van der Waals surface area contributed by atoms with E-state index in [1.165, 1.54) is 30.5 Å². The summed E-state index contributed by atoms with van der Waals surface area (Å²) in [4.78, 5) is 13.3. The molecule has 1 aromatic heterocycles. The molecule has 0 fully saturated rings. The Kier molecular flexibility index (Phi) is 7.11. The van der Waals surface area contributed by atoms with E-state index in [1.807, 2.05) is 31.2 Å². The molecule has 0 saturated heterocycles. The summed E-state index contributed by atoms with van der Waals surface area (Å²) in [5.74, 6) is 0.549. The summed E-state index contributed by atoms with van der Waals surface area (Å²) in [7, 11) is 0. The molecular formula is C24H18ClF3N6O. The fourth-order valence-electron chi connectivity index (χ4n) is 2.90. The van der Waals surface area contributed by atoms with Crippen LogP contribution in [0.1, 0.15) is 11.1 Å². The lowest BCUT2D eigenvalue weighted by Crippen LogP contribution is -2.17. The number of alkyl halides is 3. The van der Waals surface area contributed by atoms with Crippen LogP contribution < -0.4 is 15.5 Å². The number of nitrogens with zero attached hydrogens (tertiary/aromatic N) is 4. The summed E-state index contributed by atoms with van der Waals surface area (Å²) in [5, 5.41) is 7.79. The van der Waals surface area contributed by atoms with Crippen molar-refractivity contribution in [2.45, 2.75) is 13.3 Å². The molecule has 4 aromatic rings. The number of aryl methyl sites for hydroxylation is 1. The van der Waals surface area contributed by atoms with Crippen molar-refractivity contribution in [3.63, 3.8) is 0 Å². The molecule has 0 aliphatic heterocycles. The predicted octanol–water partition coefficient (Wildman–Crippen LogP) is 6.59. The number of benzene rings is 3. The fraction of sp³-hybridized carbons (Fsp3) is 0.0833. The molecule has 1 heterocycles. The number of aromatic nitrogens is 3. The van der Waals surface area contributed by atoms with Crippen LogP contribution in [0.15, 0.2) is 77.9 Å². The molecule has 178 valence electrons. The van der Waals surface area contributed by atoms with Crippen LogP contribution in [-0.4, -0.2) is 27.5 Å². The summed E-state index contributed by atoms with van der Waals surface area (Å²) in [5.41, 5.74) is 5.88. The first kappa shape index (κ1) is 24.0. The van der Waals surface area contributed by atoms with Crippen LogP contribution in [0.3, 0.4) is 0 Å². The van der Waals surface area contributed by atoms with E-state index in [0.29, 0.717) is 16.4 Å². The molecule has 0 spiro atoms. The first-order chi connectivity index (χ1) is 16.7. The number of nitrogens with one attached hydrogen (secondary N) is 2. The van der Waals surface area contributed by atoms with Crippen LogP contribution in [0, 0.1) is 6.92 Å². The van der Waals surface area contributed by atoms with Crippen molar-refractivity contribution in [2.24, 2.45) is 5.10 Å². The average molecular weight is 499 g/mol. The molecule has 0 saturated carbocycles. The molecule has 0 bridgehead atoms. The van der Waals surface area contributed by atoms with E-state index in [4.69, 9.17) is 11.6 Å². The molecule has 0 aliphatic rings. The minimum absolute atomic E-state index is 0.167. The quantitative estimate of drug-likeness (QED) is 0.221. The number of hydrazone groups is 1. The second kappa shape index (κ2) is 10.4. The number of hydrogen-bond acceptors (Lipinski definition) is 7. The maximum absolute atomic E-state index is 12.3. The lowest BCUT2D eigenvalue weighted by atomic mass is 10.1. The van der Waals surface area contributed by atoms with Gasteiger partial charge in [-0.15, -0.1) is 13.2 Å². The first-order valence-electron chi connectivity index (χ1n) is 10.2. The Morgan fingerprint density at radius 2 is 1.51 bits per heavy atom. The first-order valence-corrected chi connectivity index (χ1v) is 10.6. The van der Waals surface area contributed by atoms with Gasteiger partial charge in [0.2, 0.25) is 11.9 Å². The van der Waals surface area contributed by atoms with Crippen molar-refractivity contribution in [3.8, 4) is 17.1 Å². The maximum atomic E-state index is 12.3. The SMILES string of the molecule is Cc1ccc(-c2nc(NN=Cc3ccc(OC(F)(F)F)cc3)nc(Nc3ccc(Cl)cc3)n2)cc1. The van der Waals surface area contributed by atoms with Gasteiger partial charge in [-0.25, -0.2) is 5.43 Å². The van der Waals surface area contributed by atoms with Gasteiger partial charge in [-0.3, -0.25) is 0 Å². The van der Waals surface area contributed by atoms with Crippen molar-refractivity contribution in [1.82, 2.24) is 15.0 Å². The van der Waals surface area contributed by atoms with E-state index >= 15 is 0 Å². The Labute approximate surface area is 203 Å². The van der Waals surface area contributed by atoms with Gasteiger partial charge in [-0.1, -0.05) is 41.4 Å². The molecule has 2 N–H and O–H groups in total. The van der Waals surface area contributed by atoms with Gasteiger partial charge < -0.3 is 10.1 Å². The van der Waals surface area contributed by atoms with E-state index < -0.39 is 6.36 Å². The Morgan fingerprint density at radius 3 is 2.17 bits per heavy atom. The average Bonchev–Trinajstić information content (AvgIpc) is 2.81. The minimum Gasteiger partial charge on any atom is -0.406 e. The molecule has 0 aliphatic carbocycles. The minimum atomic E-state index is -4.75. The summed E-state index contributed by atoms with van der Waals surface area (Å²) < 4.78 is 40.8. The topological polar surface area (TPSA) is 84.3 Å². The van der Waals surface area contributed by atoms with E-state index in [-0.39, 0.29) is 17.6 Å². The summed E-state index contributed by atoms with van der Waals surface area (Å²) >= 11 is 5.95. The zero-order valence-electron chi connectivity index (χ0n) is 18.2. The van der Waals surface area contributed by atoms with Gasteiger partial charge in [0.15, 0.2) is 5.82 Å². The largest absolute Gasteiger partial charge is 0.573 e. The van der Waals surface area contributed by atoms with E-state index in [2.05, 4.69) is 35.5 Å². The highest BCUT2D eigenvalue weighted by Crippen LogP contribution is 2.23. The van der Waals surface area contributed by atoms with Crippen molar-refractivity contribution >= 4 is 35.4 Å². The van der Waals surface area contributed by atoms with Crippen LogP contribution in [-0.2, 0) is 0 Å². The third kappa shape index (κ3) is 7.15. The highest BCUT2D eigenvalue weighted by molar-refractivity contribution is 6.30. The Hall–Kier alpha value is -4.18. The second-order valence-electron chi connectivity index (χ2n) is 7.29. The summed E-state index contributed by atoms with van der Waals surface area (Å²) in [6, 6.07) is 20.0. The Morgan fingerprint density at radius 1 is 0.857 bits per heavy atom. The third-order valence-corrected chi connectivity index (χ3v) is 4.79. The van der Waals surface area contributed by atoms with Crippen LogP contribution in [0.25, 0.3) is 11.4 Å². The van der Waals surface area contributed by atoms with Crippen LogP contribution in [0.2, 0.25) is 5.02 Å².